The Hall–Kier alpha value is -2.36. The van der Waals surface area contributed by atoms with Crippen molar-refractivity contribution in [1.82, 2.24) is 4.98 Å². The van der Waals surface area contributed by atoms with Crippen molar-refractivity contribution < 1.29 is 4.79 Å². The van der Waals surface area contributed by atoms with Gasteiger partial charge in [0, 0.05) is 18.3 Å². The average molecular weight is 371 g/mol. The zero-order valence-electron chi connectivity index (χ0n) is 13.4. The van der Waals surface area contributed by atoms with Gasteiger partial charge in [-0.25, -0.2) is 4.98 Å². The van der Waals surface area contributed by atoms with Crippen molar-refractivity contribution in [2.75, 3.05) is 11.4 Å². The third kappa shape index (κ3) is 4.59. The summed E-state index contributed by atoms with van der Waals surface area (Å²) in [4.78, 5) is 19.0. The van der Waals surface area contributed by atoms with E-state index in [9.17, 15) is 4.79 Å². The van der Waals surface area contributed by atoms with Crippen molar-refractivity contribution in [2.24, 2.45) is 0 Å². The number of benzene rings is 2. The predicted octanol–water partition coefficient (Wildman–Crippen LogP) is 5.28. The van der Waals surface area contributed by atoms with Crippen LogP contribution in [-0.2, 0) is 6.54 Å². The van der Waals surface area contributed by atoms with Gasteiger partial charge in [0.2, 0.25) is 0 Å². The van der Waals surface area contributed by atoms with Crippen LogP contribution in [0.5, 0.6) is 0 Å². The van der Waals surface area contributed by atoms with Gasteiger partial charge in [-0.3, -0.25) is 4.79 Å². The normalized spacial score (nSPS) is 10.5. The van der Waals surface area contributed by atoms with Crippen LogP contribution >= 0.6 is 23.2 Å². The zero-order chi connectivity index (χ0) is 17.6. The van der Waals surface area contributed by atoms with Crippen LogP contribution < -0.4 is 4.90 Å². The number of carbonyl (C=O) groups excluding carboxylic acids is 1. The van der Waals surface area contributed by atoms with Crippen molar-refractivity contribution in [3.8, 4) is 0 Å². The molecule has 0 N–H and O–H groups in total. The smallest absolute Gasteiger partial charge is 0.182 e. The van der Waals surface area contributed by atoms with Gasteiger partial charge in [0.1, 0.15) is 5.82 Å². The molecule has 0 atom stereocenters. The van der Waals surface area contributed by atoms with E-state index in [0.717, 1.165) is 11.4 Å². The maximum atomic E-state index is 12.7. The molecule has 2 aromatic carbocycles. The van der Waals surface area contributed by atoms with Crippen molar-refractivity contribution >= 4 is 34.8 Å². The number of aromatic nitrogens is 1. The van der Waals surface area contributed by atoms with Gasteiger partial charge in [0.05, 0.1) is 16.6 Å². The van der Waals surface area contributed by atoms with E-state index in [0.29, 0.717) is 22.2 Å². The molecule has 0 unspecified atom stereocenters. The Kier molecular flexibility index (Phi) is 5.69. The lowest BCUT2D eigenvalue weighted by Crippen LogP contribution is -2.30. The largest absolute Gasteiger partial charge is 0.345 e. The van der Waals surface area contributed by atoms with Gasteiger partial charge < -0.3 is 4.90 Å². The van der Waals surface area contributed by atoms with Crippen LogP contribution in [0, 0.1) is 0 Å². The van der Waals surface area contributed by atoms with Crippen LogP contribution in [0.25, 0.3) is 0 Å². The topological polar surface area (TPSA) is 33.2 Å². The number of halogens is 2. The molecule has 0 amide bonds. The second-order valence-electron chi connectivity index (χ2n) is 5.58. The van der Waals surface area contributed by atoms with Gasteiger partial charge in [-0.05, 0) is 35.9 Å². The molecule has 1 aromatic heterocycles. The number of hydrogen-bond acceptors (Lipinski definition) is 3. The fourth-order valence-corrected chi connectivity index (χ4v) is 2.79. The lowest BCUT2D eigenvalue weighted by atomic mass is 10.1. The maximum Gasteiger partial charge on any atom is 0.182 e. The Bertz CT molecular complexity index is 854. The van der Waals surface area contributed by atoms with Crippen LogP contribution in [-0.4, -0.2) is 17.3 Å². The molecule has 0 saturated heterocycles. The van der Waals surface area contributed by atoms with Gasteiger partial charge in [-0.15, -0.1) is 0 Å². The SMILES string of the molecule is O=C(CN(Cc1ccccc1)c1ccccn1)c1ccc(Cl)c(Cl)c1. The van der Waals surface area contributed by atoms with E-state index in [4.69, 9.17) is 23.2 Å². The second kappa shape index (κ2) is 8.15. The van der Waals surface area contributed by atoms with Gasteiger partial charge in [-0.2, -0.15) is 0 Å². The molecular weight excluding hydrogens is 355 g/mol. The molecule has 0 saturated carbocycles. The molecule has 25 heavy (non-hydrogen) atoms. The maximum absolute atomic E-state index is 12.7. The highest BCUT2D eigenvalue weighted by molar-refractivity contribution is 6.42. The van der Waals surface area contributed by atoms with Crippen molar-refractivity contribution in [1.29, 1.82) is 0 Å². The van der Waals surface area contributed by atoms with E-state index >= 15 is 0 Å². The molecule has 0 radical (unpaired) electrons. The average Bonchev–Trinajstić information content (AvgIpc) is 2.65. The minimum absolute atomic E-state index is 0.0415. The molecule has 0 aliphatic carbocycles. The minimum Gasteiger partial charge on any atom is -0.345 e. The highest BCUT2D eigenvalue weighted by Crippen LogP contribution is 2.23. The first-order chi connectivity index (χ1) is 12.1. The summed E-state index contributed by atoms with van der Waals surface area (Å²) in [6.45, 7) is 0.786. The van der Waals surface area contributed by atoms with Crippen LogP contribution in [0.2, 0.25) is 10.0 Å². The highest BCUT2D eigenvalue weighted by atomic mass is 35.5. The summed E-state index contributed by atoms with van der Waals surface area (Å²) in [5, 5.41) is 0.809. The van der Waals surface area contributed by atoms with E-state index in [-0.39, 0.29) is 12.3 Å². The Morgan fingerprint density at radius 1 is 0.920 bits per heavy atom. The summed E-state index contributed by atoms with van der Waals surface area (Å²) >= 11 is 12.0. The summed E-state index contributed by atoms with van der Waals surface area (Å²) in [6.07, 6.45) is 1.72. The lowest BCUT2D eigenvalue weighted by Gasteiger charge is -2.23. The summed E-state index contributed by atoms with van der Waals surface area (Å²) in [6, 6.07) is 20.6. The minimum atomic E-state index is -0.0415. The highest BCUT2D eigenvalue weighted by Gasteiger charge is 2.15. The third-order valence-electron chi connectivity index (χ3n) is 3.77. The van der Waals surface area contributed by atoms with Gasteiger partial charge in [-0.1, -0.05) is 59.6 Å². The second-order valence-corrected chi connectivity index (χ2v) is 6.40. The molecule has 0 fully saturated rings. The van der Waals surface area contributed by atoms with Gasteiger partial charge >= 0.3 is 0 Å². The predicted molar refractivity (Wildman–Crippen MR) is 103 cm³/mol. The number of hydrogen-bond donors (Lipinski definition) is 0. The van der Waals surface area contributed by atoms with Crippen LogP contribution in [0.3, 0.4) is 0 Å². The van der Waals surface area contributed by atoms with E-state index in [1.165, 1.54) is 0 Å². The van der Waals surface area contributed by atoms with Crippen molar-refractivity contribution in [3.63, 3.8) is 0 Å². The Morgan fingerprint density at radius 2 is 1.68 bits per heavy atom. The summed E-state index contributed by atoms with van der Waals surface area (Å²) in [7, 11) is 0. The van der Waals surface area contributed by atoms with Crippen molar-refractivity contribution in [3.05, 3.63) is 94.1 Å². The van der Waals surface area contributed by atoms with Crippen LogP contribution in [0.1, 0.15) is 15.9 Å². The number of anilines is 1. The fraction of sp³-hybridized carbons (Fsp3) is 0.100. The zero-order valence-corrected chi connectivity index (χ0v) is 14.9. The fourth-order valence-electron chi connectivity index (χ4n) is 2.50. The van der Waals surface area contributed by atoms with E-state index < -0.39 is 0 Å². The molecule has 0 spiro atoms. The number of carbonyl (C=O) groups is 1. The van der Waals surface area contributed by atoms with Crippen molar-refractivity contribution in [2.45, 2.75) is 6.54 Å². The summed E-state index contributed by atoms with van der Waals surface area (Å²) < 4.78 is 0. The number of Topliss-reactive ketones (excluding diaryl/α,β-unsaturated/α-hetero) is 1. The number of pyridine rings is 1. The Labute approximate surface area is 156 Å². The number of rotatable bonds is 6. The molecule has 126 valence electrons. The molecule has 5 heteroatoms. The molecule has 3 aromatic rings. The van der Waals surface area contributed by atoms with Gasteiger partial charge in [0.25, 0.3) is 0 Å². The first-order valence-corrected chi connectivity index (χ1v) is 8.57. The van der Waals surface area contributed by atoms with E-state index in [2.05, 4.69) is 4.98 Å². The molecule has 0 bridgehead atoms. The Morgan fingerprint density at radius 3 is 2.36 bits per heavy atom. The third-order valence-corrected chi connectivity index (χ3v) is 4.50. The van der Waals surface area contributed by atoms with Gasteiger partial charge in [0.15, 0.2) is 5.78 Å². The summed E-state index contributed by atoms with van der Waals surface area (Å²) in [5.74, 6) is 0.708. The monoisotopic (exact) mass is 370 g/mol. The van der Waals surface area contributed by atoms with Crippen LogP contribution in [0.4, 0.5) is 5.82 Å². The molecule has 1 heterocycles. The number of nitrogens with zero attached hydrogens (tertiary/aromatic N) is 2. The van der Waals surface area contributed by atoms with Crippen LogP contribution in [0.15, 0.2) is 72.9 Å². The van der Waals surface area contributed by atoms with E-state index in [1.807, 2.05) is 53.4 Å². The standard InChI is InChI=1S/C20H16Cl2N2O/c21-17-10-9-16(12-18(17)22)19(25)14-24(20-8-4-5-11-23-20)13-15-6-2-1-3-7-15/h1-12H,13-14H2. The molecule has 3 nitrogen and oxygen atoms in total. The molecule has 3 rings (SSSR count). The molecule has 0 aliphatic heterocycles. The number of ketones is 1. The quantitative estimate of drug-likeness (QED) is 0.553. The molecule has 0 aliphatic rings. The van der Waals surface area contributed by atoms with E-state index in [1.54, 1.807) is 24.4 Å². The molecular formula is C20H16Cl2N2O. The first-order valence-electron chi connectivity index (χ1n) is 7.81. The first kappa shape index (κ1) is 17.5. The Balaban J connectivity index is 1.84. The summed E-state index contributed by atoms with van der Waals surface area (Å²) in [5.41, 5.74) is 1.64. The lowest BCUT2D eigenvalue weighted by molar-refractivity contribution is 0.0998.